The molecule has 0 radical (unpaired) electrons. The van der Waals surface area contributed by atoms with Gasteiger partial charge in [-0.25, -0.2) is 0 Å². The summed E-state index contributed by atoms with van der Waals surface area (Å²) in [5.41, 5.74) is -1.28. The van der Waals surface area contributed by atoms with Gasteiger partial charge < -0.3 is 4.74 Å². The normalized spacial score (nSPS) is 23.8. The van der Waals surface area contributed by atoms with E-state index in [2.05, 4.69) is 40.7 Å². The molecule has 2 saturated carbocycles. The number of nitriles is 1. The number of esters is 1. The van der Waals surface area contributed by atoms with Crippen molar-refractivity contribution in [3.8, 4) is 6.07 Å². The highest BCUT2D eigenvalue weighted by atomic mass is 16.5. The zero-order chi connectivity index (χ0) is 19.4. The number of nitrogens with zero attached hydrogens (tertiary/aromatic N) is 1. The molecule has 0 spiro atoms. The number of ether oxygens (including phenoxy) is 1. The molecule has 2 rings (SSSR count). The maximum atomic E-state index is 13.5. The summed E-state index contributed by atoms with van der Waals surface area (Å²) in [5.74, 6) is 1.14. The van der Waals surface area contributed by atoms with Gasteiger partial charge in [-0.1, -0.05) is 60.3 Å². The smallest absolute Gasteiger partial charge is 0.327 e. The van der Waals surface area contributed by atoms with Gasteiger partial charge in [0.05, 0.1) is 12.7 Å². The highest BCUT2D eigenvalue weighted by molar-refractivity contribution is 5.82. The van der Waals surface area contributed by atoms with Crippen molar-refractivity contribution < 1.29 is 9.53 Å². The molecule has 0 amide bonds. The van der Waals surface area contributed by atoms with Crippen LogP contribution >= 0.6 is 0 Å². The van der Waals surface area contributed by atoms with Gasteiger partial charge in [0, 0.05) is 5.41 Å². The van der Waals surface area contributed by atoms with Gasteiger partial charge in [-0.3, -0.25) is 4.79 Å². The lowest BCUT2D eigenvalue weighted by molar-refractivity contribution is -0.170. The summed E-state index contributed by atoms with van der Waals surface area (Å²) in [5, 5.41) is 10.5. The van der Waals surface area contributed by atoms with Gasteiger partial charge >= 0.3 is 5.97 Å². The second kappa shape index (κ2) is 8.77. The molecule has 2 fully saturated rings. The molecule has 2 aliphatic rings. The Kier molecular flexibility index (Phi) is 7.17. The van der Waals surface area contributed by atoms with Crippen molar-refractivity contribution in [1.29, 1.82) is 5.26 Å². The first-order chi connectivity index (χ1) is 12.3. The van der Waals surface area contributed by atoms with Crippen LogP contribution in [0.15, 0.2) is 0 Å². The van der Waals surface area contributed by atoms with Crippen molar-refractivity contribution in [1.82, 2.24) is 0 Å². The fraction of sp³-hybridized carbons (Fsp3) is 0.913. The molecule has 3 heteroatoms. The molecular formula is C23H39NO2. The largest absolute Gasteiger partial charge is 0.464 e. The third-order valence-corrected chi connectivity index (χ3v) is 7.00. The van der Waals surface area contributed by atoms with Crippen LogP contribution in [0.3, 0.4) is 0 Å². The summed E-state index contributed by atoms with van der Waals surface area (Å²) < 4.78 is 5.80. The molecule has 3 nitrogen and oxygen atoms in total. The van der Waals surface area contributed by atoms with Gasteiger partial charge in [0.25, 0.3) is 0 Å². The average molecular weight is 362 g/mol. The molecule has 0 saturated heterocycles. The summed E-state index contributed by atoms with van der Waals surface area (Å²) in [7, 11) is 0. The van der Waals surface area contributed by atoms with E-state index in [9.17, 15) is 10.1 Å². The Morgan fingerprint density at radius 2 is 1.50 bits per heavy atom. The molecular weight excluding hydrogens is 322 g/mol. The van der Waals surface area contributed by atoms with Crippen LogP contribution in [0.2, 0.25) is 0 Å². The van der Waals surface area contributed by atoms with E-state index in [1.54, 1.807) is 0 Å². The van der Waals surface area contributed by atoms with E-state index >= 15 is 0 Å². The quantitative estimate of drug-likeness (QED) is 0.489. The van der Waals surface area contributed by atoms with Crippen LogP contribution in [0.25, 0.3) is 0 Å². The minimum absolute atomic E-state index is 0.150. The predicted octanol–water partition coefficient (Wildman–Crippen LogP) is 6.13. The van der Waals surface area contributed by atoms with E-state index in [0.717, 1.165) is 44.9 Å². The Labute approximate surface area is 160 Å². The van der Waals surface area contributed by atoms with Crippen LogP contribution in [0.5, 0.6) is 0 Å². The number of hydrogen-bond acceptors (Lipinski definition) is 3. The zero-order valence-corrected chi connectivity index (χ0v) is 17.6. The van der Waals surface area contributed by atoms with Crippen LogP contribution in [0, 0.1) is 45.8 Å². The van der Waals surface area contributed by atoms with E-state index in [-0.39, 0.29) is 17.3 Å². The summed E-state index contributed by atoms with van der Waals surface area (Å²) in [6.07, 6.45) is 9.93. The third kappa shape index (κ3) is 3.95. The van der Waals surface area contributed by atoms with Crippen LogP contribution < -0.4 is 0 Å². The van der Waals surface area contributed by atoms with Gasteiger partial charge in [0.1, 0.15) is 0 Å². The molecule has 2 aliphatic carbocycles. The zero-order valence-electron chi connectivity index (χ0n) is 17.6. The van der Waals surface area contributed by atoms with Crippen LogP contribution in [0.4, 0.5) is 0 Å². The number of carbonyl (C=O) groups excluding carboxylic acids is 1. The molecule has 2 atom stereocenters. The molecule has 2 unspecified atom stereocenters. The molecule has 0 aromatic rings. The van der Waals surface area contributed by atoms with Crippen molar-refractivity contribution in [2.45, 2.75) is 92.4 Å². The van der Waals surface area contributed by atoms with Crippen molar-refractivity contribution >= 4 is 5.97 Å². The summed E-state index contributed by atoms with van der Waals surface area (Å²) in [6.45, 7) is 11.2. The van der Waals surface area contributed by atoms with Crippen LogP contribution in [-0.4, -0.2) is 12.6 Å². The van der Waals surface area contributed by atoms with E-state index < -0.39 is 5.41 Å². The highest BCUT2D eigenvalue weighted by Gasteiger charge is 2.63. The number of hydrogen-bond donors (Lipinski definition) is 0. The second-order valence-electron chi connectivity index (χ2n) is 9.89. The molecule has 0 aliphatic heterocycles. The maximum Gasteiger partial charge on any atom is 0.327 e. The van der Waals surface area contributed by atoms with Crippen molar-refractivity contribution in [2.75, 3.05) is 6.61 Å². The molecule has 0 N–H and O–H groups in total. The third-order valence-electron chi connectivity index (χ3n) is 7.00. The predicted molar refractivity (Wildman–Crippen MR) is 105 cm³/mol. The molecule has 0 aromatic carbocycles. The molecule has 148 valence electrons. The SMILES string of the molecule is CC(C)COC(=O)C(C#N)(C1CCCC1)C(C)(CC(C)C)C1CCCC1. The van der Waals surface area contributed by atoms with Gasteiger partial charge in [-0.2, -0.15) is 5.26 Å². The molecule has 0 heterocycles. The lowest BCUT2D eigenvalue weighted by Gasteiger charge is -2.50. The first kappa shape index (κ1) is 21.3. The summed E-state index contributed by atoms with van der Waals surface area (Å²) in [4.78, 5) is 13.5. The lowest BCUT2D eigenvalue weighted by atomic mass is 9.50. The topological polar surface area (TPSA) is 50.1 Å². The standard InChI is InChI=1S/C23H39NO2/c1-17(2)14-22(5,19-10-6-7-11-19)23(16-24,20-12-8-9-13-20)21(25)26-15-18(3)4/h17-20H,6-15H2,1-5H3. The van der Waals surface area contributed by atoms with Crippen molar-refractivity contribution in [3.05, 3.63) is 0 Å². The van der Waals surface area contributed by atoms with Gasteiger partial charge in [-0.15, -0.1) is 0 Å². The first-order valence-corrected chi connectivity index (χ1v) is 10.9. The van der Waals surface area contributed by atoms with E-state index in [0.29, 0.717) is 24.4 Å². The Hall–Kier alpha value is -1.04. The van der Waals surface area contributed by atoms with Gasteiger partial charge in [0.15, 0.2) is 5.41 Å². The lowest BCUT2D eigenvalue weighted by Crippen LogP contribution is -2.54. The van der Waals surface area contributed by atoms with E-state index in [1.165, 1.54) is 12.8 Å². The molecule has 26 heavy (non-hydrogen) atoms. The fourth-order valence-electron chi connectivity index (χ4n) is 5.91. The van der Waals surface area contributed by atoms with Crippen LogP contribution in [-0.2, 0) is 9.53 Å². The van der Waals surface area contributed by atoms with Gasteiger partial charge in [0.2, 0.25) is 0 Å². The average Bonchev–Trinajstić information content (AvgIpc) is 3.27. The summed E-state index contributed by atoms with van der Waals surface area (Å²) in [6, 6.07) is 2.63. The fourth-order valence-corrected chi connectivity index (χ4v) is 5.91. The Bertz CT molecular complexity index is 509. The van der Waals surface area contributed by atoms with Crippen molar-refractivity contribution in [2.24, 2.45) is 34.5 Å². The first-order valence-electron chi connectivity index (χ1n) is 10.9. The van der Waals surface area contributed by atoms with E-state index in [1.807, 2.05) is 0 Å². The Balaban J connectivity index is 2.50. The monoisotopic (exact) mass is 361 g/mol. The van der Waals surface area contributed by atoms with Crippen molar-refractivity contribution in [3.63, 3.8) is 0 Å². The Morgan fingerprint density at radius 3 is 1.92 bits per heavy atom. The minimum atomic E-state index is -0.988. The minimum Gasteiger partial charge on any atom is -0.464 e. The Morgan fingerprint density at radius 1 is 1.00 bits per heavy atom. The number of rotatable bonds is 8. The second-order valence-corrected chi connectivity index (χ2v) is 9.89. The molecule has 0 aromatic heterocycles. The maximum absolute atomic E-state index is 13.5. The number of carbonyl (C=O) groups is 1. The molecule has 0 bridgehead atoms. The summed E-state index contributed by atoms with van der Waals surface area (Å²) >= 11 is 0. The van der Waals surface area contributed by atoms with Crippen LogP contribution in [0.1, 0.15) is 92.4 Å². The van der Waals surface area contributed by atoms with E-state index in [4.69, 9.17) is 4.74 Å². The van der Waals surface area contributed by atoms with Gasteiger partial charge in [-0.05, 0) is 55.8 Å². The highest BCUT2D eigenvalue weighted by Crippen LogP contribution is 2.60.